The van der Waals surface area contributed by atoms with Crippen molar-refractivity contribution in [2.75, 3.05) is 24.0 Å². The summed E-state index contributed by atoms with van der Waals surface area (Å²) in [6, 6.07) is 2.14. The minimum absolute atomic E-state index is 0.267. The second-order valence-corrected chi connectivity index (χ2v) is 4.50. The van der Waals surface area contributed by atoms with Crippen LogP contribution in [0.25, 0.3) is 0 Å². The molecule has 1 fully saturated rings. The van der Waals surface area contributed by atoms with Crippen LogP contribution in [0.4, 0.5) is 11.6 Å². The normalized spacial score (nSPS) is 19.6. The second-order valence-electron chi connectivity index (χ2n) is 4.50. The number of nitrogens with zero attached hydrogens (tertiary/aromatic N) is 2. The standard InChI is InChI=1S/C11H19N5O/c1-7(2)11-14-9(5-10(15-11)16-12)13-8-3-4-17-6-8/h5,7-8H,3-4,6,12H2,1-2H3,(H2,13,14,15,16). The molecule has 2 rings (SSSR count). The average molecular weight is 237 g/mol. The maximum atomic E-state index is 5.40. The van der Waals surface area contributed by atoms with Crippen molar-refractivity contribution in [2.45, 2.75) is 32.2 Å². The Morgan fingerprint density at radius 1 is 1.41 bits per heavy atom. The summed E-state index contributed by atoms with van der Waals surface area (Å²) in [6.07, 6.45) is 1.01. The highest BCUT2D eigenvalue weighted by Crippen LogP contribution is 2.18. The zero-order valence-electron chi connectivity index (χ0n) is 10.2. The van der Waals surface area contributed by atoms with Crippen LogP contribution in [-0.4, -0.2) is 29.2 Å². The molecule has 0 aromatic carbocycles. The maximum absolute atomic E-state index is 5.40. The lowest BCUT2D eigenvalue weighted by molar-refractivity contribution is 0.195. The molecular formula is C11H19N5O. The van der Waals surface area contributed by atoms with Crippen molar-refractivity contribution in [2.24, 2.45) is 5.84 Å². The summed E-state index contributed by atoms with van der Waals surface area (Å²) < 4.78 is 5.32. The lowest BCUT2D eigenvalue weighted by Gasteiger charge is -2.14. The smallest absolute Gasteiger partial charge is 0.145 e. The molecule has 6 heteroatoms. The highest BCUT2D eigenvalue weighted by molar-refractivity contribution is 5.47. The van der Waals surface area contributed by atoms with E-state index in [1.54, 1.807) is 0 Å². The molecule has 1 aromatic rings. The van der Waals surface area contributed by atoms with E-state index < -0.39 is 0 Å². The fraction of sp³-hybridized carbons (Fsp3) is 0.636. The molecule has 1 saturated heterocycles. The first-order valence-electron chi connectivity index (χ1n) is 5.89. The van der Waals surface area contributed by atoms with Crippen LogP contribution in [0.2, 0.25) is 0 Å². The Balaban J connectivity index is 2.16. The molecule has 17 heavy (non-hydrogen) atoms. The van der Waals surface area contributed by atoms with Crippen LogP contribution >= 0.6 is 0 Å². The van der Waals surface area contributed by atoms with Crippen molar-refractivity contribution in [1.82, 2.24) is 9.97 Å². The van der Waals surface area contributed by atoms with Gasteiger partial charge in [0.2, 0.25) is 0 Å². The lowest BCUT2D eigenvalue weighted by atomic mass is 10.2. The van der Waals surface area contributed by atoms with Gasteiger partial charge < -0.3 is 15.5 Å². The van der Waals surface area contributed by atoms with Gasteiger partial charge in [0, 0.05) is 18.6 Å². The van der Waals surface area contributed by atoms with Crippen LogP contribution in [0.15, 0.2) is 6.07 Å². The maximum Gasteiger partial charge on any atom is 0.145 e. The molecule has 1 aromatic heterocycles. The molecule has 6 nitrogen and oxygen atoms in total. The Morgan fingerprint density at radius 2 is 2.18 bits per heavy atom. The molecule has 0 spiro atoms. The Bertz CT molecular complexity index is 376. The Kier molecular flexibility index (Phi) is 3.75. The summed E-state index contributed by atoms with van der Waals surface area (Å²) in [7, 11) is 0. The molecule has 0 saturated carbocycles. The average Bonchev–Trinajstić information content (AvgIpc) is 2.81. The number of hydrazine groups is 1. The molecule has 1 unspecified atom stereocenters. The summed E-state index contributed by atoms with van der Waals surface area (Å²) in [6.45, 7) is 5.64. The van der Waals surface area contributed by atoms with Crippen molar-refractivity contribution >= 4 is 11.6 Å². The topological polar surface area (TPSA) is 85.1 Å². The fourth-order valence-electron chi connectivity index (χ4n) is 1.73. The molecule has 0 radical (unpaired) electrons. The van der Waals surface area contributed by atoms with Crippen LogP contribution < -0.4 is 16.6 Å². The predicted octanol–water partition coefficient (Wildman–Crippen LogP) is 1.09. The molecule has 4 N–H and O–H groups in total. The number of anilines is 2. The van der Waals surface area contributed by atoms with Crippen molar-refractivity contribution < 1.29 is 4.74 Å². The van der Waals surface area contributed by atoms with E-state index in [2.05, 4.69) is 34.6 Å². The number of hydrogen-bond acceptors (Lipinski definition) is 6. The Labute approximate surface area is 101 Å². The van der Waals surface area contributed by atoms with Gasteiger partial charge in [0.15, 0.2) is 0 Å². The van der Waals surface area contributed by atoms with Crippen LogP contribution in [0, 0.1) is 0 Å². The van der Waals surface area contributed by atoms with Gasteiger partial charge in [0.1, 0.15) is 17.5 Å². The SMILES string of the molecule is CC(C)c1nc(NN)cc(NC2CCOC2)n1. The molecule has 0 amide bonds. The quantitative estimate of drug-likeness (QED) is 0.537. The number of nitrogen functional groups attached to an aromatic ring is 1. The van der Waals surface area contributed by atoms with Crippen LogP contribution in [0.3, 0.4) is 0 Å². The van der Waals surface area contributed by atoms with Gasteiger partial charge >= 0.3 is 0 Å². The number of hydrogen-bond donors (Lipinski definition) is 3. The first-order chi connectivity index (χ1) is 8.19. The largest absolute Gasteiger partial charge is 0.379 e. The highest BCUT2D eigenvalue weighted by Gasteiger charge is 2.16. The van der Waals surface area contributed by atoms with Crippen molar-refractivity contribution in [3.63, 3.8) is 0 Å². The van der Waals surface area contributed by atoms with Crippen LogP contribution in [0.5, 0.6) is 0 Å². The molecule has 2 heterocycles. The second kappa shape index (κ2) is 5.29. The van der Waals surface area contributed by atoms with Gasteiger partial charge in [-0.1, -0.05) is 13.8 Å². The van der Waals surface area contributed by atoms with Crippen molar-refractivity contribution in [3.05, 3.63) is 11.9 Å². The fourth-order valence-corrected chi connectivity index (χ4v) is 1.73. The summed E-state index contributed by atoms with van der Waals surface area (Å²) in [5, 5.41) is 3.34. The number of nitrogens with one attached hydrogen (secondary N) is 2. The van der Waals surface area contributed by atoms with Gasteiger partial charge in [0.05, 0.1) is 12.6 Å². The Hall–Kier alpha value is -1.40. The molecular weight excluding hydrogens is 218 g/mol. The Morgan fingerprint density at radius 3 is 2.76 bits per heavy atom. The minimum atomic E-state index is 0.267. The molecule has 94 valence electrons. The third-order valence-corrected chi connectivity index (χ3v) is 2.69. The van der Waals surface area contributed by atoms with E-state index in [4.69, 9.17) is 10.6 Å². The number of nitrogens with two attached hydrogens (primary N) is 1. The van der Waals surface area contributed by atoms with Gasteiger partial charge in [-0.15, -0.1) is 0 Å². The zero-order valence-corrected chi connectivity index (χ0v) is 10.2. The van der Waals surface area contributed by atoms with Gasteiger partial charge in [0.25, 0.3) is 0 Å². The number of ether oxygens (including phenoxy) is 1. The van der Waals surface area contributed by atoms with E-state index in [0.29, 0.717) is 11.9 Å². The van der Waals surface area contributed by atoms with Gasteiger partial charge in [-0.25, -0.2) is 15.8 Å². The third-order valence-electron chi connectivity index (χ3n) is 2.69. The summed E-state index contributed by atoms with van der Waals surface area (Å²) in [5.41, 5.74) is 2.57. The van der Waals surface area contributed by atoms with E-state index in [0.717, 1.165) is 31.3 Å². The minimum Gasteiger partial charge on any atom is -0.379 e. The molecule has 0 bridgehead atoms. The molecule has 1 atom stereocenters. The van der Waals surface area contributed by atoms with E-state index in [1.807, 2.05) is 6.07 Å². The van der Waals surface area contributed by atoms with Gasteiger partial charge in [-0.05, 0) is 6.42 Å². The van der Waals surface area contributed by atoms with E-state index in [-0.39, 0.29) is 5.92 Å². The first-order valence-corrected chi connectivity index (χ1v) is 5.89. The van der Waals surface area contributed by atoms with E-state index in [1.165, 1.54) is 0 Å². The third kappa shape index (κ3) is 3.04. The molecule has 1 aliphatic heterocycles. The first kappa shape index (κ1) is 12.1. The predicted molar refractivity (Wildman–Crippen MR) is 66.8 cm³/mol. The monoisotopic (exact) mass is 237 g/mol. The van der Waals surface area contributed by atoms with E-state index in [9.17, 15) is 0 Å². The summed E-state index contributed by atoms with van der Waals surface area (Å²) in [5.74, 6) is 7.88. The molecule has 1 aliphatic rings. The lowest BCUT2D eigenvalue weighted by Crippen LogP contribution is -2.21. The summed E-state index contributed by atoms with van der Waals surface area (Å²) in [4.78, 5) is 8.78. The molecule has 0 aliphatic carbocycles. The van der Waals surface area contributed by atoms with E-state index >= 15 is 0 Å². The van der Waals surface area contributed by atoms with Crippen LogP contribution in [0.1, 0.15) is 32.0 Å². The van der Waals surface area contributed by atoms with Gasteiger partial charge in [-0.3, -0.25) is 0 Å². The van der Waals surface area contributed by atoms with Crippen molar-refractivity contribution in [3.8, 4) is 0 Å². The number of rotatable bonds is 4. The summed E-state index contributed by atoms with van der Waals surface area (Å²) >= 11 is 0. The highest BCUT2D eigenvalue weighted by atomic mass is 16.5. The zero-order chi connectivity index (χ0) is 12.3. The number of aromatic nitrogens is 2. The van der Waals surface area contributed by atoms with Crippen molar-refractivity contribution in [1.29, 1.82) is 0 Å². The van der Waals surface area contributed by atoms with Gasteiger partial charge in [-0.2, -0.15) is 0 Å². The van der Waals surface area contributed by atoms with Crippen LogP contribution in [-0.2, 0) is 4.74 Å².